The first-order valence-corrected chi connectivity index (χ1v) is 6.03. The van der Waals surface area contributed by atoms with Gasteiger partial charge in [-0.3, -0.25) is 4.79 Å². The number of para-hydroxylation sites is 1. The summed E-state index contributed by atoms with van der Waals surface area (Å²) in [6.45, 7) is 0. The van der Waals surface area contributed by atoms with Gasteiger partial charge in [0.15, 0.2) is 6.10 Å². The van der Waals surface area contributed by atoms with Crippen LogP contribution in [0.2, 0.25) is 0 Å². The second-order valence-corrected chi connectivity index (χ2v) is 4.42. The molecule has 0 saturated carbocycles. The molecule has 1 amide bonds. The lowest BCUT2D eigenvalue weighted by molar-refractivity contribution is -0.122. The molecular formula is C15H12FNO2. The zero-order valence-electron chi connectivity index (χ0n) is 10.1. The van der Waals surface area contributed by atoms with Crippen molar-refractivity contribution in [2.45, 2.75) is 12.5 Å². The molecule has 0 unspecified atom stereocenters. The number of carbonyl (C=O) groups is 1. The fraction of sp³-hybridized carbons (Fsp3) is 0.133. The number of nitrogens with one attached hydrogen (secondary N) is 1. The molecule has 0 spiro atoms. The summed E-state index contributed by atoms with van der Waals surface area (Å²) in [5.41, 5.74) is 1.45. The van der Waals surface area contributed by atoms with Gasteiger partial charge in [0.2, 0.25) is 0 Å². The van der Waals surface area contributed by atoms with Crippen LogP contribution in [-0.2, 0) is 11.2 Å². The molecule has 1 aliphatic rings. The lowest BCUT2D eigenvalue weighted by Gasteiger charge is -2.11. The minimum Gasteiger partial charge on any atom is -0.480 e. The first-order chi connectivity index (χ1) is 9.22. The highest BCUT2D eigenvalue weighted by Crippen LogP contribution is 2.28. The van der Waals surface area contributed by atoms with Crippen molar-refractivity contribution in [1.29, 1.82) is 0 Å². The van der Waals surface area contributed by atoms with Gasteiger partial charge in [0, 0.05) is 12.1 Å². The standard InChI is InChI=1S/C15H12FNO2/c16-11-5-3-6-12(9-11)17-15(18)14-8-10-4-1-2-7-13(10)19-14/h1-7,9,14H,8H2,(H,17,18)/t14-/m0/s1. The fourth-order valence-corrected chi connectivity index (χ4v) is 2.12. The summed E-state index contributed by atoms with van der Waals surface area (Å²) in [7, 11) is 0. The van der Waals surface area contributed by atoms with Crippen molar-refractivity contribution in [3.05, 3.63) is 59.9 Å². The van der Waals surface area contributed by atoms with Gasteiger partial charge in [0.1, 0.15) is 11.6 Å². The fourth-order valence-electron chi connectivity index (χ4n) is 2.12. The molecule has 1 atom stereocenters. The normalized spacial score (nSPS) is 16.6. The van der Waals surface area contributed by atoms with Crippen molar-refractivity contribution in [2.75, 3.05) is 5.32 Å². The van der Waals surface area contributed by atoms with Gasteiger partial charge < -0.3 is 10.1 Å². The number of hydrogen-bond acceptors (Lipinski definition) is 2. The average molecular weight is 257 g/mol. The van der Waals surface area contributed by atoms with Gasteiger partial charge in [0.25, 0.3) is 5.91 Å². The summed E-state index contributed by atoms with van der Waals surface area (Å²) >= 11 is 0. The van der Waals surface area contributed by atoms with Gasteiger partial charge >= 0.3 is 0 Å². The molecule has 3 rings (SSSR count). The third-order valence-electron chi connectivity index (χ3n) is 3.03. The van der Waals surface area contributed by atoms with Crippen LogP contribution in [0.3, 0.4) is 0 Å². The Bertz CT molecular complexity index is 602. The Morgan fingerprint density at radius 2 is 2.05 bits per heavy atom. The van der Waals surface area contributed by atoms with Crippen LogP contribution < -0.4 is 10.1 Å². The maximum absolute atomic E-state index is 13.0. The van der Waals surface area contributed by atoms with E-state index in [2.05, 4.69) is 5.32 Å². The monoisotopic (exact) mass is 257 g/mol. The molecule has 0 saturated heterocycles. The molecular weight excluding hydrogens is 245 g/mol. The quantitative estimate of drug-likeness (QED) is 0.898. The number of hydrogen-bond donors (Lipinski definition) is 1. The average Bonchev–Trinajstić information content (AvgIpc) is 2.82. The summed E-state index contributed by atoms with van der Waals surface area (Å²) in [5, 5.41) is 2.66. The third kappa shape index (κ3) is 2.42. The van der Waals surface area contributed by atoms with Crippen molar-refractivity contribution in [3.63, 3.8) is 0 Å². The third-order valence-corrected chi connectivity index (χ3v) is 3.03. The van der Waals surface area contributed by atoms with E-state index in [1.54, 1.807) is 12.1 Å². The van der Waals surface area contributed by atoms with Crippen LogP contribution in [0.15, 0.2) is 48.5 Å². The van der Waals surface area contributed by atoms with Crippen LogP contribution in [0.25, 0.3) is 0 Å². The van der Waals surface area contributed by atoms with E-state index < -0.39 is 6.10 Å². The highest BCUT2D eigenvalue weighted by Gasteiger charge is 2.28. The Kier molecular flexibility index (Phi) is 2.91. The number of ether oxygens (including phenoxy) is 1. The summed E-state index contributed by atoms with van der Waals surface area (Å²) in [5.74, 6) is 0.0946. The number of halogens is 1. The summed E-state index contributed by atoms with van der Waals surface area (Å²) in [6.07, 6.45) is -0.0159. The summed E-state index contributed by atoms with van der Waals surface area (Å²) < 4.78 is 18.6. The second kappa shape index (κ2) is 4.72. The minimum absolute atomic E-state index is 0.262. The molecule has 19 heavy (non-hydrogen) atoms. The maximum Gasteiger partial charge on any atom is 0.265 e. The van der Waals surface area contributed by atoms with Crippen molar-refractivity contribution in [1.82, 2.24) is 0 Å². The number of fused-ring (bicyclic) bond motifs is 1. The zero-order chi connectivity index (χ0) is 13.2. The van der Waals surface area contributed by atoms with E-state index >= 15 is 0 Å². The van der Waals surface area contributed by atoms with Crippen LogP contribution in [0, 0.1) is 5.82 Å². The first-order valence-electron chi connectivity index (χ1n) is 6.03. The van der Waals surface area contributed by atoms with E-state index in [-0.39, 0.29) is 11.7 Å². The highest BCUT2D eigenvalue weighted by atomic mass is 19.1. The molecule has 1 N–H and O–H groups in total. The molecule has 1 aliphatic heterocycles. The summed E-state index contributed by atoms with van der Waals surface area (Å²) in [6, 6.07) is 13.4. The minimum atomic E-state index is -0.555. The number of anilines is 1. The van der Waals surface area contributed by atoms with Gasteiger partial charge in [-0.05, 0) is 29.8 Å². The number of amides is 1. The number of carbonyl (C=O) groups excluding carboxylic acids is 1. The Balaban J connectivity index is 1.70. The largest absolute Gasteiger partial charge is 0.480 e. The van der Waals surface area contributed by atoms with E-state index in [4.69, 9.17) is 4.74 Å². The van der Waals surface area contributed by atoms with Crippen molar-refractivity contribution >= 4 is 11.6 Å². The zero-order valence-corrected chi connectivity index (χ0v) is 10.1. The predicted molar refractivity (Wildman–Crippen MR) is 69.6 cm³/mol. The molecule has 0 fully saturated rings. The Morgan fingerprint density at radius 1 is 1.21 bits per heavy atom. The molecule has 0 aliphatic carbocycles. The molecule has 4 heteroatoms. The Morgan fingerprint density at radius 3 is 2.84 bits per heavy atom. The van der Waals surface area contributed by atoms with Gasteiger partial charge in [-0.2, -0.15) is 0 Å². The van der Waals surface area contributed by atoms with Crippen LogP contribution >= 0.6 is 0 Å². The van der Waals surface area contributed by atoms with Crippen molar-refractivity contribution in [2.24, 2.45) is 0 Å². The molecule has 96 valence electrons. The van der Waals surface area contributed by atoms with E-state index in [9.17, 15) is 9.18 Å². The smallest absolute Gasteiger partial charge is 0.265 e. The van der Waals surface area contributed by atoms with Gasteiger partial charge in [-0.15, -0.1) is 0 Å². The van der Waals surface area contributed by atoms with Crippen molar-refractivity contribution < 1.29 is 13.9 Å². The second-order valence-electron chi connectivity index (χ2n) is 4.42. The van der Waals surface area contributed by atoms with Crippen LogP contribution in [-0.4, -0.2) is 12.0 Å². The highest BCUT2D eigenvalue weighted by molar-refractivity contribution is 5.95. The molecule has 1 heterocycles. The molecule has 2 aromatic carbocycles. The van der Waals surface area contributed by atoms with E-state index in [0.29, 0.717) is 12.1 Å². The lowest BCUT2D eigenvalue weighted by Crippen LogP contribution is -2.31. The van der Waals surface area contributed by atoms with E-state index in [1.165, 1.54) is 12.1 Å². The van der Waals surface area contributed by atoms with Crippen LogP contribution in [0.4, 0.5) is 10.1 Å². The van der Waals surface area contributed by atoms with Gasteiger partial charge in [-0.25, -0.2) is 4.39 Å². The predicted octanol–water partition coefficient (Wildman–Crippen LogP) is 2.77. The Labute approximate surface area is 110 Å². The van der Waals surface area contributed by atoms with Crippen molar-refractivity contribution in [3.8, 4) is 5.75 Å². The molecule has 0 bridgehead atoms. The maximum atomic E-state index is 13.0. The Hall–Kier alpha value is -2.36. The summed E-state index contributed by atoms with van der Waals surface area (Å²) in [4.78, 5) is 12.0. The number of benzene rings is 2. The SMILES string of the molecule is O=C(Nc1cccc(F)c1)[C@@H]1Cc2ccccc2O1. The van der Waals surface area contributed by atoms with Crippen LogP contribution in [0.5, 0.6) is 5.75 Å². The van der Waals surface area contributed by atoms with Gasteiger partial charge in [0.05, 0.1) is 0 Å². The number of rotatable bonds is 2. The van der Waals surface area contributed by atoms with E-state index in [1.807, 2.05) is 24.3 Å². The lowest BCUT2D eigenvalue weighted by atomic mass is 10.1. The molecule has 0 radical (unpaired) electrons. The molecule has 2 aromatic rings. The molecule has 3 nitrogen and oxygen atoms in total. The van der Waals surface area contributed by atoms with Gasteiger partial charge in [-0.1, -0.05) is 24.3 Å². The van der Waals surface area contributed by atoms with E-state index in [0.717, 1.165) is 11.3 Å². The topological polar surface area (TPSA) is 38.3 Å². The molecule has 0 aromatic heterocycles. The van der Waals surface area contributed by atoms with Crippen LogP contribution in [0.1, 0.15) is 5.56 Å². The first kappa shape index (κ1) is 11.7.